The van der Waals surface area contributed by atoms with Crippen molar-refractivity contribution in [3.05, 3.63) is 28.7 Å². The van der Waals surface area contributed by atoms with Crippen LogP contribution in [0.3, 0.4) is 0 Å². The molecule has 1 aliphatic heterocycles. The molecule has 0 aromatic heterocycles. The fourth-order valence-electron chi connectivity index (χ4n) is 2.44. The molecule has 1 aromatic carbocycles. The van der Waals surface area contributed by atoms with E-state index in [1.807, 2.05) is 24.3 Å². The molecule has 1 N–H and O–H groups in total. The maximum atomic E-state index is 11.7. The van der Waals surface area contributed by atoms with Crippen molar-refractivity contribution in [3.63, 3.8) is 0 Å². The molecule has 1 aromatic rings. The number of nitrogens with one attached hydrogen (secondary N) is 1. The van der Waals surface area contributed by atoms with Gasteiger partial charge in [-0.05, 0) is 50.2 Å². The third-order valence-electron chi connectivity index (χ3n) is 3.63. The zero-order chi connectivity index (χ0) is 14.9. The number of nitrogens with zero attached hydrogens (tertiary/aromatic N) is 1. The molecule has 0 atom stereocenters. The van der Waals surface area contributed by atoms with Gasteiger partial charge in [0.1, 0.15) is 5.75 Å². The lowest BCUT2D eigenvalue weighted by atomic mass is 10.2. The Labute approximate surface area is 135 Å². The average molecular weight is 355 g/mol. The van der Waals surface area contributed by atoms with Gasteiger partial charge in [0.25, 0.3) is 5.91 Å². The van der Waals surface area contributed by atoms with Gasteiger partial charge in [-0.15, -0.1) is 0 Å². The lowest BCUT2D eigenvalue weighted by molar-refractivity contribution is -0.123. The summed E-state index contributed by atoms with van der Waals surface area (Å²) in [4.78, 5) is 14.2. The third kappa shape index (κ3) is 6.48. The molecule has 1 amide bonds. The summed E-state index contributed by atoms with van der Waals surface area (Å²) < 4.78 is 6.44. The van der Waals surface area contributed by atoms with Crippen molar-refractivity contribution in [1.29, 1.82) is 0 Å². The lowest BCUT2D eigenvalue weighted by Crippen LogP contribution is -2.37. The Morgan fingerprint density at radius 2 is 1.81 bits per heavy atom. The van der Waals surface area contributed by atoms with Crippen molar-refractivity contribution in [2.24, 2.45) is 0 Å². The van der Waals surface area contributed by atoms with Crippen molar-refractivity contribution in [1.82, 2.24) is 10.2 Å². The highest BCUT2D eigenvalue weighted by atomic mass is 79.9. The highest BCUT2D eigenvalue weighted by Gasteiger charge is 2.09. The van der Waals surface area contributed by atoms with E-state index in [4.69, 9.17) is 4.74 Å². The zero-order valence-corrected chi connectivity index (χ0v) is 13.9. The van der Waals surface area contributed by atoms with Crippen molar-refractivity contribution in [2.75, 3.05) is 32.8 Å². The van der Waals surface area contributed by atoms with Gasteiger partial charge >= 0.3 is 0 Å². The van der Waals surface area contributed by atoms with Gasteiger partial charge < -0.3 is 15.0 Å². The van der Waals surface area contributed by atoms with E-state index >= 15 is 0 Å². The summed E-state index contributed by atoms with van der Waals surface area (Å²) >= 11 is 3.36. The normalized spacial score (nSPS) is 16.2. The van der Waals surface area contributed by atoms with Crippen LogP contribution < -0.4 is 10.1 Å². The van der Waals surface area contributed by atoms with Crippen LogP contribution in [-0.2, 0) is 4.79 Å². The molecule has 0 spiro atoms. The van der Waals surface area contributed by atoms with E-state index in [1.165, 1.54) is 25.7 Å². The van der Waals surface area contributed by atoms with Crippen LogP contribution >= 0.6 is 15.9 Å². The van der Waals surface area contributed by atoms with Crippen LogP contribution in [0.15, 0.2) is 28.7 Å². The molecule has 0 saturated carbocycles. The number of ether oxygens (including phenoxy) is 1. The monoisotopic (exact) mass is 354 g/mol. The molecule has 2 rings (SSSR count). The smallest absolute Gasteiger partial charge is 0.257 e. The van der Waals surface area contributed by atoms with Gasteiger partial charge in [0, 0.05) is 17.6 Å². The third-order valence-corrected chi connectivity index (χ3v) is 4.16. The fraction of sp³-hybridized carbons (Fsp3) is 0.562. The predicted molar refractivity (Wildman–Crippen MR) is 87.6 cm³/mol. The molecule has 5 heteroatoms. The molecule has 0 radical (unpaired) electrons. The number of hydrogen-bond acceptors (Lipinski definition) is 3. The summed E-state index contributed by atoms with van der Waals surface area (Å²) in [5.41, 5.74) is 0. The quantitative estimate of drug-likeness (QED) is 0.853. The molecule has 4 nitrogen and oxygen atoms in total. The van der Waals surface area contributed by atoms with Gasteiger partial charge in [-0.25, -0.2) is 0 Å². The van der Waals surface area contributed by atoms with Crippen LogP contribution in [0.5, 0.6) is 5.75 Å². The summed E-state index contributed by atoms with van der Waals surface area (Å²) in [6.07, 6.45) is 5.23. The number of halogens is 1. The standard InChI is InChI=1S/C16H23BrN2O2/c17-14-5-7-15(8-6-14)21-13-16(20)18-9-12-19-10-3-1-2-4-11-19/h5-8H,1-4,9-13H2,(H,18,20). The molecule has 1 aliphatic rings. The van der Waals surface area contributed by atoms with E-state index < -0.39 is 0 Å². The molecule has 116 valence electrons. The number of carbonyl (C=O) groups excluding carboxylic acids is 1. The summed E-state index contributed by atoms with van der Waals surface area (Å²) in [6, 6.07) is 7.47. The SMILES string of the molecule is O=C(COc1ccc(Br)cc1)NCCN1CCCCCC1. The second kappa shape index (κ2) is 9.05. The molecule has 21 heavy (non-hydrogen) atoms. The summed E-state index contributed by atoms with van der Waals surface area (Å²) in [6.45, 7) is 4.02. The number of rotatable bonds is 6. The van der Waals surface area contributed by atoms with Crippen LogP contribution in [0, 0.1) is 0 Å². The first-order chi connectivity index (χ1) is 10.2. The lowest BCUT2D eigenvalue weighted by Gasteiger charge is -2.19. The van der Waals surface area contributed by atoms with Gasteiger partial charge in [0.2, 0.25) is 0 Å². The molecule has 1 fully saturated rings. The molecule has 0 bridgehead atoms. The van der Waals surface area contributed by atoms with E-state index in [-0.39, 0.29) is 12.5 Å². The molecule has 0 unspecified atom stereocenters. The van der Waals surface area contributed by atoms with E-state index in [9.17, 15) is 4.79 Å². The summed E-state index contributed by atoms with van der Waals surface area (Å²) in [7, 11) is 0. The van der Waals surface area contributed by atoms with Gasteiger partial charge in [-0.2, -0.15) is 0 Å². The average Bonchev–Trinajstić information content (AvgIpc) is 2.75. The number of benzene rings is 1. The Kier molecular flexibility index (Phi) is 7.03. The maximum Gasteiger partial charge on any atom is 0.257 e. The minimum atomic E-state index is -0.0623. The van der Waals surface area contributed by atoms with Gasteiger partial charge in [-0.1, -0.05) is 28.8 Å². The van der Waals surface area contributed by atoms with Gasteiger partial charge in [-0.3, -0.25) is 4.79 Å². The molecular weight excluding hydrogens is 332 g/mol. The first-order valence-electron chi connectivity index (χ1n) is 7.61. The number of hydrogen-bond donors (Lipinski definition) is 1. The molecule has 1 heterocycles. The highest BCUT2D eigenvalue weighted by Crippen LogP contribution is 2.15. The summed E-state index contributed by atoms with van der Waals surface area (Å²) in [5.74, 6) is 0.647. The minimum Gasteiger partial charge on any atom is -0.484 e. The zero-order valence-electron chi connectivity index (χ0n) is 12.3. The molecular formula is C16H23BrN2O2. The van der Waals surface area contributed by atoms with Crippen LogP contribution in [0.2, 0.25) is 0 Å². The van der Waals surface area contributed by atoms with Crippen LogP contribution in [-0.4, -0.2) is 43.6 Å². The number of amides is 1. The number of likely N-dealkylation sites (tertiary alicyclic amines) is 1. The van der Waals surface area contributed by atoms with E-state index in [2.05, 4.69) is 26.1 Å². The topological polar surface area (TPSA) is 41.6 Å². The maximum absolute atomic E-state index is 11.7. The Morgan fingerprint density at radius 3 is 2.48 bits per heavy atom. The fourth-order valence-corrected chi connectivity index (χ4v) is 2.71. The summed E-state index contributed by atoms with van der Waals surface area (Å²) in [5, 5.41) is 2.92. The van der Waals surface area contributed by atoms with Crippen LogP contribution in [0.4, 0.5) is 0 Å². The first kappa shape index (κ1) is 16.3. The van der Waals surface area contributed by atoms with Gasteiger partial charge in [0.05, 0.1) is 0 Å². The number of carbonyl (C=O) groups is 1. The minimum absolute atomic E-state index is 0.0623. The van der Waals surface area contributed by atoms with Crippen LogP contribution in [0.1, 0.15) is 25.7 Å². The van der Waals surface area contributed by atoms with E-state index in [1.54, 1.807) is 0 Å². The van der Waals surface area contributed by atoms with Crippen molar-refractivity contribution in [3.8, 4) is 5.75 Å². The second-order valence-corrected chi connectivity index (χ2v) is 6.26. The Morgan fingerprint density at radius 1 is 1.14 bits per heavy atom. The van der Waals surface area contributed by atoms with E-state index in [0.717, 1.165) is 24.1 Å². The second-order valence-electron chi connectivity index (χ2n) is 5.35. The van der Waals surface area contributed by atoms with Gasteiger partial charge in [0.15, 0.2) is 6.61 Å². The predicted octanol–water partition coefficient (Wildman–Crippen LogP) is 2.82. The highest BCUT2D eigenvalue weighted by molar-refractivity contribution is 9.10. The van der Waals surface area contributed by atoms with Crippen molar-refractivity contribution < 1.29 is 9.53 Å². The van der Waals surface area contributed by atoms with Crippen LogP contribution in [0.25, 0.3) is 0 Å². The Balaban J connectivity index is 1.59. The molecule has 0 aliphatic carbocycles. The van der Waals surface area contributed by atoms with Crippen molar-refractivity contribution in [2.45, 2.75) is 25.7 Å². The largest absolute Gasteiger partial charge is 0.484 e. The van der Waals surface area contributed by atoms with Crippen molar-refractivity contribution >= 4 is 21.8 Å². The Bertz CT molecular complexity index is 428. The van der Waals surface area contributed by atoms with E-state index in [0.29, 0.717) is 12.3 Å². The first-order valence-corrected chi connectivity index (χ1v) is 8.41. The molecule has 1 saturated heterocycles. The Hall–Kier alpha value is -1.07.